The van der Waals surface area contributed by atoms with Crippen molar-refractivity contribution in [1.82, 2.24) is 21.1 Å². The van der Waals surface area contributed by atoms with Gasteiger partial charge in [0.1, 0.15) is 6.54 Å². The van der Waals surface area contributed by atoms with Crippen molar-refractivity contribution >= 4 is 23.7 Å². The van der Waals surface area contributed by atoms with Crippen molar-refractivity contribution in [3.05, 3.63) is 29.3 Å². The number of anilines is 1. The summed E-state index contributed by atoms with van der Waals surface area (Å²) >= 11 is 0. The molecule has 0 bridgehead atoms. The quantitative estimate of drug-likeness (QED) is 0.613. The van der Waals surface area contributed by atoms with E-state index in [4.69, 9.17) is 0 Å². The lowest BCUT2D eigenvalue weighted by Gasteiger charge is -2.19. The van der Waals surface area contributed by atoms with Crippen molar-refractivity contribution in [2.24, 2.45) is 0 Å². The number of carbonyl (C=O) groups is 3. The highest BCUT2D eigenvalue weighted by Gasteiger charge is 2.11. The Bertz CT molecular complexity index is 599. The summed E-state index contributed by atoms with van der Waals surface area (Å²) in [6.07, 6.45) is 0. The summed E-state index contributed by atoms with van der Waals surface area (Å²) in [7, 11) is 0. The summed E-state index contributed by atoms with van der Waals surface area (Å²) in [5.41, 5.74) is 7.14. The number of aryl methyl sites for hydroxylation is 2. The molecule has 0 saturated carbocycles. The SMILES string of the molecule is CCN(CC)C(=O)NCC(=O)NNC(=O)Nc1ccc(C)cc1C. The molecule has 4 N–H and O–H groups in total. The second-order valence-corrected chi connectivity index (χ2v) is 5.28. The topological polar surface area (TPSA) is 103 Å². The second-order valence-electron chi connectivity index (χ2n) is 5.28. The summed E-state index contributed by atoms with van der Waals surface area (Å²) in [6.45, 7) is 8.43. The first kappa shape index (κ1) is 19.3. The van der Waals surface area contributed by atoms with E-state index in [-0.39, 0.29) is 12.6 Å². The molecular formula is C16H25N5O3. The molecule has 1 aromatic rings. The Morgan fingerprint density at radius 2 is 1.71 bits per heavy atom. The lowest BCUT2D eigenvalue weighted by Crippen LogP contribution is -2.49. The molecule has 132 valence electrons. The van der Waals surface area contributed by atoms with Crippen LogP contribution in [0.1, 0.15) is 25.0 Å². The smallest absolute Gasteiger partial charge is 0.329 e. The van der Waals surface area contributed by atoms with Crippen molar-refractivity contribution in [3.8, 4) is 0 Å². The maximum Gasteiger partial charge on any atom is 0.337 e. The Morgan fingerprint density at radius 1 is 1.04 bits per heavy atom. The normalized spacial score (nSPS) is 9.83. The fourth-order valence-electron chi connectivity index (χ4n) is 2.06. The Balaban J connectivity index is 2.36. The summed E-state index contributed by atoms with van der Waals surface area (Å²) in [5, 5.41) is 5.11. The molecule has 0 spiro atoms. The van der Waals surface area contributed by atoms with Gasteiger partial charge in [-0.05, 0) is 39.3 Å². The van der Waals surface area contributed by atoms with Gasteiger partial charge in [0.2, 0.25) is 0 Å². The molecule has 0 aliphatic carbocycles. The first-order chi connectivity index (χ1) is 11.4. The van der Waals surface area contributed by atoms with Crippen LogP contribution < -0.4 is 21.5 Å². The summed E-state index contributed by atoms with van der Waals surface area (Å²) in [5.74, 6) is -0.522. The van der Waals surface area contributed by atoms with Crippen LogP contribution in [0.15, 0.2) is 18.2 Å². The van der Waals surface area contributed by atoms with Gasteiger partial charge in [0.25, 0.3) is 5.91 Å². The average Bonchev–Trinajstić information content (AvgIpc) is 2.54. The minimum absolute atomic E-state index is 0.223. The van der Waals surface area contributed by atoms with Crippen LogP contribution in [0.3, 0.4) is 0 Å². The van der Waals surface area contributed by atoms with Crippen LogP contribution in [0.4, 0.5) is 15.3 Å². The van der Waals surface area contributed by atoms with E-state index in [2.05, 4.69) is 21.5 Å². The maximum absolute atomic E-state index is 11.8. The van der Waals surface area contributed by atoms with E-state index in [1.165, 1.54) is 0 Å². The summed E-state index contributed by atoms with van der Waals surface area (Å²) in [6, 6.07) is 4.72. The monoisotopic (exact) mass is 335 g/mol. The highest BCUT2D eigenvalue weighted by Crippen LogP contribution is 2.15. The largest absolute Gasteiger partial charge is 0.337 e. The number of hydrogen-bond donors (Lipinski definition) is 4. The molecule has 5 amide bonds. The molecule has 0 aliphatic rings. The highest BCUT2D eigenvalue weighted by molar-refractivity contribution is 5.92. The van der Waals surface area contributed by atoms with Gasteiger partial charge in [-0.1, -0.05) is 17.7 Å². The second kappa shape index (κ2) is 9.39. The van der Waals surface area contributed by atoms with Crippen LogP contribution in [0.2, 0.25) is 0 Å². The van der Waals surface area contributed by atoms with Crippen molar-refractivity contribution in [1.29, 1.82) is 0 Å². The molecule has 0 aliphatic heterocycles. The molecule has 1 aromatic carbocycles. The Hall–Kier alpha value is -2.77. The minimum atomic E-state index is -0.564. The predicted molar refractivity (Wildman–Crippen MR) is 92.5 cm³/mol. The van der Waals surface area contributed by atoms with Crippen LogP contribution in [-0.2, 0) is 4.79 Å². The number of benzene rings is 1. The lowest BCUT2D eigenvalue weighted by atomic mass is 10.1. The van der Waals surface area contributed by atoms with Crippen molar-refractivity contribution in [2.75, 3.05) is 25.0 Å². The molecule has 8 nitrogen and oxygen atoms in total. The number of hydrazine groups is 1. The number of hydrogen-bond acceptors (Lipinski definition) is 3. The third kappa shape index (κ3) is 6.15. The summed E-state index contributed by atoms with van der Waals surface area (Å²) < 4.78 is 0. The number of amides is 5. The van der Waals surface area contributed by atoms with Crippen LogP contribution in [-0.4, -0.2) is 42.5 Å². The van der Waals surface area contributed by atoms with Crippen LogP contribution in [0.25, 0.3) is 0 Å². The molecule has 0 heterocycles. The molecule has 0 fully saturated rings. The van der Waals surface area contributed by atoms with Crippen LogP contribution in [0.5, 0.6) is 0 Å². The van der Waals surface area contributed by atoms with Gasteiger partial charge in [-0.25, -0.2) is 15.0 Å². The Kier molecular flexibility index (Phi) is 7.54. The fraction of sp³-hybridized carbons (Fsp3) is 0.438. The number of nitrogens with zero attached hydrogens (tertiary/aromatic N) is 1. The first-order valence-corrected chi connectivity index (χ1v) is 7.83. The molecule has 0 atom stereocenters. The summed E-state index contributed by atoms with van der Waals surface area (Å²) in [4.78, 5) is 36.6. The maximum atomic E-state index is 11.8. The van der Waals surface area contributed by atoms with Gasteiger partial charge in [0.15, 0.2) is 0 Å². The van der Waals surface area contributed by atoms with Crippen molar-refractivity contribution < 1.29 is 14.4 Å². The zero-order chi connectivity index (χ0) is 18.1. The van der Waals surface area contributed by atoms with E-state index in [0.29, 0.717) is 18.8 Å². The zero-order valence-electron chi connectivity index (χ0n) is 14.5. The lowest BCUT2D eigenvalue weighted by molar-refractivity contribution is -0.120. The van der Waals surface area contributed by atoms with Gasteiger partial charge in [0, 0.05) is 18.8 Å². The van der Waals surface area contributed by atoms with Gasteiger partial charge >= 0.3 is 12.1 Å². The number of carbonyl (C=O) groups excluding carboxylic acids is 3. The fourth-order valence-corrected chi connectivity index (χ4v) is 2.06. The van der Waals surface area contributed by atoms with E-state index >= 15 is 0 Å². The van der Waals surface area contributed by atoms with Gasteiger partial charge in [0.05, 0.1) is 0 Å². The predicted octanol–water partition coefficient (Wildman–Crippen LogP) is 1.51. The molecule has 0 unspecified atom stereocenters. The van der Waals surface area contributed by atoms with E-state index < -0.39 is 11.9 Å². The molecule has 1 rings (SSSR count). The van der Waals surface area contributed by atoms with Gasteiger partial charge in [-0.3, -0.25) is 10.2 Å². The number of rotatable bonds is 5. The Morgan fingerprint density at radius 3 is 2.29 bits per heavy atom. The molecule has 8 heteroatoms. The van der Waals surface area contributed by atoms with Crippen molar-refractivity contribution in [3.63, 3.8) is 0 Å². The molecule has 0 aromatic heterocycles. The third-order valence-electron chi connectivity index (χ3n) is 3.40. The van der Waals surface area contributed by atoms with Gasteiger partial charge in [-0.2, -0.15) is 0 Å². The van der Waals surface area contributed by atoms with Crippen LogP contribution in [0, 0.1) is 13.8 Å². The first-order valence-electron chi connectivity index (χ1n) is 7.83. The molecule has 0 radical (unpaired) electrons. The van der Waals surface area contributed by atoms with E-state index in [0.717, 1.165) is 11.1 Å². The van der Waals surface area contributed by atoms with E-state index in [1.807, 2.05) is 39.8 Å². The Labute approximate surface area is 141 Å². The van der Waals surface area contributed by atoms with Crippen LogP contribution >= 0.6 is 0 Å². The minimum Gasteiger partial charge on any atom is -0.329 e. The molecule has 0 saturated heterocycles. The standard InChI is InChI=1S/C16H25N5O3/c1-5-21(6-2)16(24)17-10-14(22)19-20-15(23)18-13-8-7-11(3)9-12(13)4/h7-9H,5-6,10H2,1-4H3,(H,17,24)(H,19,22)(H2,18,20,23). The van der Waals surface area contributed by atoms with Gasteiger partial charge in [-0.15, -0.1) is 0 Å². The van der Waals surface area contributed by atoms with Gasteiger partial charge < -0.3 is 15.5 Å². The zero-order valence-corrected chi connectivity index (χ0v) is 14.5. The van der Waals surface area contributed by atoms with Crippen molar-refractivity contribution in [2.45, 2.75) is 27.7 Å². The number of urea groups is 2. The third-order valence-corrected chi connectivity index (χ3v) is 3.40. The van der Waals surface area contributed by atoms with E-state index in [9.17, 15) is 14.4 Å². The van der Waals surface area contributed by atoms with E-state index in [1.54, 1.807) is 11.0 Å². The average molecular weight is 335 g/mol. The molecule has 24 heavy (non-hydrogen) atoms. The number of nitrogens with one attached hydrogen (secondary N) is 4. The molecular weight excluding hydrogens is 310 g/mol. The highest BCUT2D eigenvalue weighted by atomic mass is 16.2.